The Kier molecular flexibility index (Phi) is 5.16. The summed E-state index contributed by atoms with van der Waals surface area (Å²) >= 11 is 6.68. The van der Waals surface area contributed by atoms with Gasteiger partial charge in [0.05, 0.1) is 15.8 Å². The van der Waals surface area contributed by atoms with Crippen molar-refractivity contribution in [2.24, 2.45) is 0 Å². The number of aromatic amines is 1. The van der Waals surface area contributed by atoms with E-state index in [1.54, 1.807) is 12.1 Å². The summed E-state index contributed by atoms with van der Waals surface area (Å²) in [7, 11) is 0. The van der Waals surface area contributed by atoms with E-state index in [9.17, 15) is 14.4 Å². The third-order valence-electron chi connectivity index (χ3n) is 4.82. The lowest BCUT2D eigenvalue weighted by molar-refractivity contribution is 0.0849. The Morgan fingerprint density at radius 3 is 2.79 bits per heavy atom. The minimum atomic E-state index is -0.487. The second kappa shape index (κ2) is 7.76. The molecule has 2 amide bonds. The van der Waals surface area contributed by atoms with Crippen LogP contribution in [0.25, 0.3) is 10.9 Å². The molecule has 0 bridgehead atoms. The second-order valence-corrected chi connectivity index (χ2v) is 8.24. The second-order valence-electron chi connectivity index (χ2n) is 6.72. The number of hydrogen-bond acceptors (Lipinski definition) is 5. The molecule has 3 aromatic rings. The number of aryl methyl sites for hydroxylation is 2. The number of hydrogen-bond donors (Lipinski definition) is 3. The maximum absolute atomic E-state index is 12.5. The third kappa shape index (κ3) is 3.66. The number of carbonyl (C=O) groups is 2. The number of benzene rings is 1. The average molecular weight is 427 g/mol. The van der Waals surface area contributed by atoms with Gasteiger partial charge in [-0.1, -0.05) is 6.08 Å². The highest BCUT2D eigenvalue weighted by Gasteiger charge is 2.19. The molecule has 0 saturated heterocycles. The summed E-state index contributed by atoms with van der Waals surface area (Å²) in [6.07, 6.45) is 4.72. The van der Waals surface area contributed by atoms with Gasteiger partial charge in [-0.15, -0.1) is 17.9 Å². The number of nitrogens with one attached hydrogen (secondary N) is 3. The largest absolute Gasteiger partial charge is 0.332 e. The van der Waals surface area contributed by atoms with Crippen molar-refractivity contribution in [1.29, 1.82) is 0 Å². The molecule has 0 fully saturated rings. The summed E-state index contributed by atoms with van der Waals surface area (Å²) in [5.41, 5.74) is 6.57. The van der Waals surface area contributed by atoms with E-state index in [4.69, 9.17) is 12.2 Å². The third-order valence-corrected chi connectivity index (χ3v) is 6.37. The summed E-state index contributed by atoms with van der Waals surface area (Å²) in [4.78, 5) is 42.1. The van der Waals surface area contributed by atoms with Gasteiger partial charge in [-0.05, 0) is 61.3 Å². The monoisotopic (exact) mass is 426 g/mol. The zero-order valence-electron chi connectivity index (χ0n) is 15.4. The Bertz CT molecular complexity index is 1250. The first-order valence-corrected chi connectivity index (χ1v) is 10.3. The Morgan fingerprint density at radius 1 is 1.24 bits per heavy atom. The van der Waals surface area contributed by atoms with Crippen LogP contribution in [0.2, 0.25) is 0 Å². The molecule has 148 valence electrons. The van der Waals surface area contributed by atoms with Crippen molar-refractivity contribution in [1.82, 2.24) is 20.4 Å². The van der Waals surface area contributed by atoms with Gasteiger partial charge in [0.25, 0.3) is 17.4 Å². The van der Waals surface area contributed by atoms with Crippen LogP contribution in [0.3, 0.4) is 0 Å². The number of amides is 2. The predicted octanol–water partition coefficient (Wildman–Crippen LogP) is 2.87. The number of hydrazine groups is 1. The maximum atomic E-state index is 12.5. The van der Waals surface area contributed by atoms with E-state index in [0.29, 0.717) is 22.3 Å². The molecule has 0 aliphatic heterocycles. The smallest absolute Gasteiger partial charge is 0.279 e. The lowest BCUT2D eigenvalue weighted by Gasteiger charge is -2.09. The number of nitrogens with zero attached hydrogens (tertiary/aromatic N) is 1. The van der Waals surface area contributed by atoms with Crippen molar-refractivity contribution in [3.63, 3.8) is 0 Å². The number of H-pyrrole nitrogens is 1. The summed E-state index contributed by atoms with van der Waals surface area (Å²) < 4.78 is 1.64. The normalized spacial score (nSPS) is 12.6. The molecule has 7 nitrogen and oxygen atoms in total. The molecule has 1 aliphatic rings. The molecule has 4 rings (SSSR count). The molecule has 9 heteroatoms. The molecule has 0 radical (unpaired) electrons. The van der Waals surface area contributed by atoms with Crippen molar-refractivity contribution in [3.05, 3.63) is 72.9 Å². The van der Waals surface area contributed by atoms with E-state index < -0.39 is 5.91 Å². The van der Waals surface area contributed by atoms with Crippen LogP contribution in [-0.2, 0) is 19.4 Å². The summed E-state index contributed by atoms with van der Waals surface area (Å²) in [6.45, 7) is 3.92. The highest BCUT2D eigenvalue weighted by molar-refractivity contribution is 7.71. The van der Waals surface area contributed by atoms with Crippen LogP contribution in [0.5, 0.6) is 0 Å². The first-order chi connectivity index (χ1) is 14.0. The first-order valence-electron chi connectivity index (χ1n) is 9.08. The number of rotatable bonds is 4. The fourth-order valence-corrected chi connectivity index (χ4v) is 4.80. The SMILES string of the molecule is C=CCn1c(=S)[nH]c2cc(C(=O)NNC(=O)c3cc4c(s3)CCC4)ccc2c1=O. The Balaban J connectivity index is 1.51. The number of aromatic nitrogens is 2. The standard InChI is InChI=1S/C20H18N4O3S2/c1-2-8-24-19(27)13-7-6-12(9-14(13)21-20(24)28)17(25)22-23-18(26)16-10-11-4-3-5-15(11)29-16/h2,6-7,9-10H,1,3-5,8H2,(H,21,28)(H,22,25)(H,23,26). The van der Waals surface area contributed by atoms with Crippen LogP contribution in [0.1, 0.15) is 36.9 Å². The Morgan fingerprint density at radius 2 is 2.03 bits per heavy atom. The van der Waals surface area contributed by atoms with E-state index in [2.05, 4.69) is 22.4 Å². The minimum Gasteiger partial charge on any atom is -0.332 e. The molecule has 0 spiro atoms. The van der Waals surface area contributed by atoms with Crippen LogP contribution in [0.15, 0.2) is 41.7 Å². The molecule has 0 unspecified atom stereocenters. The van der Waals surface area contributed by atoms with E-state index in [1.807, 2.05) is 6.07 Å². The van der Waals surface area contributed by atoms with E-state index in [-0.39, 0.29) is 21.8 Å². The molecular weight excluding hydrogens is 408 g/mol. The van der Waals surface area contributed by atoms with E-state index >= 15 is 0 Å². The Hall–Kier alpha value is -3.04. The van der Waals surface area contributed by atoms with Crippen LogP contribution < -0.4 is 16.4 Å². The Labute approximate surface area is 175 Å². The molecule has 29 heavy (non-hydrogen) atoms. The number of thiophene rings is 1. The molecule has 1 aliphatic carbocycles. The zero-order valence-corrected chi connectivity index (χ0v) is 17.0. The predicted molar refractivity (Wildman–Crippen MR) is 115 cm³/mol. The highest BCUT2D eigenvalue weighted by atomic mass is 32.1. The summed E-state index contributed by atoms with van der Waals surface area (Å²) in [6, 6.07) is 6.51. The first kappa shape index (κ1) is 19.3. The van der Waals surface area contributed by atoms with Crippen molar-refractivity contribution < 1.29 is 9.59 Å². The lowest BCUT2D eigenvalue weighted by Crippen LogP contribution is -2.41. The van der Waals surface area contributed by atoms with Crippen LogP contribution in [0, 0.1) is 4.77 Å². The van der Waals surface area contributed by atoms with Gasteiger partial charge < -0.3 is 4.98 Å². The zero-order chi connectivity index (χ0) is 20.5. The molecule has 2 heterocycles. The van der Waals surface area contributed by atoms with Crippen LogP contribution >= 0.6 is 23.6 Å². The number of carbonyl (C=O) groups excluding carboxylic acids is 2. The van der Waals surface area contributed by atoms with Crippen LogP contribution in [0.4, 0.5) is 0 Å². The summed E-state index contributed by atoms with van der Waals surface area (Å²) in [5.74, 6) is -0.829. The van der Waals surface area contributed by atoms with E-state index in [1.165, 1.54) is 38.5 Å². The van der Waals surface area contributed by atoms with E-state index in [0.717, 1.165) is 19.3 Å². The molecule has 2 aromatic heterocycles. The molecule has 0 saturated carbocycles. The molecule has 3 N–H and O–H groups in total. The lowest BCUT2D eigenvalue weighted by atomic mass is 10.1. The highest BCUT2D eigenvalue weighted by Crippen LogP contribution is 2.30. The minimum absolute atomic E-state index is 0.249. The van der Waals surface area contributed by atoms with Gasteiger partial charge in [-0.2, -0.15) is 0 Å². The number of allylic oxidation sites excluding steroid dienone is 1. The van der Waals surface area contributed by atoms with Gasteiger partial charge in [-0.3, -0.25) is 29.8 Å². The molecule has 0 atom stereocenters. The number of fused-ring (bicyclic) bond motifs is 2. The van der Waals surface area contributed by atoms with Gasteiger partial charge in [0, 0.05) is 17.0 Å². The summed E-state index contributed by atoms with van der Waals surface area (Å²) in [5, 5.41) is 0.411. The van der Waals surface area contributed by atoms with Crippen LogP contribution in [-0.4, -0.2) is 21.4 Å². The molecule has 1 aromatic carbocycles. The topological polar surface area (TPSA) is 96.0 Å². The van der Waals surface area contributed by atoms with Gasteiger partial charge >= 0.3 is 0 Å². The van der Waals surface area contributed by atoms with Crippen molar-refractivity contribution in [3.8, 4) is 0 Å². The van der Waals surface area contributed by atoms with Gasteiger partial charge in [0.2, 0.25) is 0 Å². The van der Waals surface area contributed by atoms with Crippen molar-refractivity contribution >= 4 is 46.3 Å². The molecular formula is C20H18N4O3S2. The fraction of sp³-hybridized carbons (Fsp3) is 0.200. The quantitative estimate of drug-likeness (QED) is 0.340. The van der Waals surface area contributed by atoms with Gasteiger partial charge in [-0.25, -0.2) is 0 Å². The average Bonchev–Trinajstić information content (AvgIpc) is 3.31. The van der Waals surface area contributed by atoms with Gasteiger partial charge in [0.15, 0.2) is 4.77 Å². The van der Waals surface area contributed by atoms with Crippen molar-refractivity contribution in [2.45, 2.75) is 25.8 Å². The maximum Gasteiger partial charge on any atom is 0.279 e. The van der Waals surface area contributed by atoms with Gasteiger partial charge in [0.1, 0.15) is 0 Å². The fourth-order valence-electron chi connectivity index (χ4n) is 3.38. The van der Waals surface area contributed by atoms with Crippen molar-refractivity contribution in [2.75, 3.05) is 0 Å².